The van der Waals surface area contributed by atoms with Crippen molar-refractivity contribution in [3.8, 4) is 0 Å². The first-order chi connectivity index (χ1) is 6.76. The largest absolute Gasteiger partial charge is 0.358 e. The second-order valence-electron chi connectivity index (χ2n) is 3.81. The van der Waals surface area contributed by atoms with E-state index in [-0.39, 0.29) is 5.91 Å². The van der Waals surface area contributed by atoms with E-state index in [0.29, 0.717) is 12.6 Å². The predicted octanol–water partition coefficient (Wildman–Crippen LogP) is -0.194. The number of carbonyl (C=O) groups excluding carboxylic acids is 1. The highest BCUT2D eigenvalue weighted by atomic mass is 16.1. The summed E-state index contributed by atoms with van der Waals surface area (Å²) in [4.78, 5) is 13.4. The summed E-state index contributed by atoms with van der Waals surface area (Å²) in [6, 6.07) is 0.568. The second-order valence-corrected chi connectivity index (χ2v) is 3.81. The first-order valence-corrected chi connectivity index (χ1v) is 5.42. The molecule has 1 fully saturated rings. The van der Waals surface area contributed by atoms with E-state index in [1.165, 1.54) is 12.8 Å². The van der Waals surface area contributed by atoms with Gasteiger partial charge in [-0.15, -0.1) is 0 Å². The maximum Gasteiger partial charge on any atom is 0.233 e. The van der Waals surface area contributed by atoms with Gasteiger partial charge in [0.05, 0.1) is 6.54 Å². The number of rotatable bonds is 4. The van der Waals surface area contributed by atoms with E-state index in [1.807, 2.05) is 0 Å². The minimum Gasteiger partial charge on any atom is -0.358 e. The Bertz CT molecular complexity index is 182. The SMILES string of the molecule is CCNC1CCCN(CC(=O)NC)C1. The molecule has 14 heavy (non-hydrogen) atoms. The second kappa shape index (κ2) is 5.98. The number of amides is 1. The Morgan fingerprint density at radius 1 is 1.57 bits per heavy atom. The van der Waals surface area contributed by atoms with Crippen LogP contribution in [-0.4, -0.2) is 50.1 Å². The van der Waals surface area contributed by atoms with Gasteiger partial charge in [-0.1, -0.05) is 6.92 Å². The smallest absolute Gasteiger partial charge is 0.233 e. The monoisotopic (exact) mass is 199 g/mol. The molecule has 1 heterocycles. The molecule has 82 valence electrons. The number of likely N-dealkylation sites (tertiary alicyclic amines) is 1. The molecule has 0 saturated carbocycles. The molecule has 1 aliphatic heterocycles. The molecule has 1 rings (SSSR count). The molecule has 0 aliphatic carbocycles. The van der Waals surface area contributed by atoms with E-state index < -0.39 is 0 Å². The summed E-state index contributed by atoms with van der Waals surface area (Å²) in [5.41, 5.74) is 0. The Labute approximate surface area is 86.0 Å². The summed E-state index contributed by atoms with van der Waals surface area (Å²) in [7, 11) is 1.69. The molecule has 0 aromatic heterocycles. The van der Waals surface area contributed by atoms with Crippen molar-refractivity contribution in [2.75, 3.05) is 33.2 Å². The number of piperidine rings is 1. The lowest BCUT2D eigenvalue weighted by Gasteiger charge is -2.32. The maximum absolute atomic E-state index is 11.2. The van der Waals surface area contributed by atoms with Gasteiger partial charge in [0, 0.05) is 19.6 Å². The van der Waals surface area contributed by atoms with Crippen LogP contribution in [0, 0.1) is 0 Å². The third-order valence-corrected chi connectivity index (χ3v) is 2.64. The molecule has 1 aliphatic rings. The number of hydrogen-bond donors (Lipinski definition) is 2. The van der Waals surface area contributed by atoms with Crippen LogP contribution in [0.15, 0.2) is 0 Å². The predicted molar refractivity (Wildman–Crippen MR) is 57.2 cm³/mol. The summed E-state index contributed by atoms with van der Waals surface area (Å²) in [6.07, 6.45) is 2.42. The molecule has 4 heteroatoms. The highest BCUT2D eigenvalue weighted by Gasteiger charge is 2.19. The van der Waals surface area contributed by atoms with E-state index in [0.717, 1.165) is 19.6 Å². The average molecular weight is 199 g/mol. The lowest BCUT2D eigenvalue weighted by atomic mass is 10.1. The fourth-order valence-electron chi connectivity index (χ4n) is 1.94. The van der Waals surface area contributed by atoms with Gasteiger partial charge >= 0.3 is 0 Å². The van der Waals surface area contributed by atoms with Crippen LogP contribution >= 0.6 is 0 Å². The number of nitrogens with one attached hydrogen (secondary N) is 2. The quantitative estimate of drug-likeness (QED) is 0.659. The van der Waals surface area contributed by atoms with Gasteiger partial charge in [0.25, 0.3) is 0 Å². The topological polar surface area (TPSA) is 44.4 Å². The van der Waals surface area contributed by atoms with Crippen LogP contribution in [0.3, 0.4) is 0 Å². The summed E-state index contributed by atoms with van der Waals surface area (Å²) in [6.45, 7) is 5.73. The van der Waals surface area contributed by atoms with Gasteiger partial charge in [0.2, 0.25) is 5.91 Å². The number of hydrogen-bond acceptors (Lipinski definition) is 3. The Hall–Kier alpha value is -0.610. The summed E-state index contributed by atoms with van der Waals surface area (Å²) < 4.78 is 0. The van der Waals surface area contributed by atoms with E-state index >= 15 is 0 Å². The molecule has 2 N–H and O–H groups in total. The van der Waals surface area contributed by atoms with E-state index in [4.69, 9.17) is 0 Å². The van der Waals surface area contributed by atoms with Crippen LogP contribution in [0.25, 0.3) is 0 Å². The van der Waals surface area contributed by atoms with Crippen LogP contribution in [0.4, 0.5) is 0 Å². The summed E-state index contributed by atoms with van der Waals surface area (Å²) >= 11 is 0. The molecule has 1 unspecified atom stereocenters. The molecule has 0 radical (unpaired) electrons. The molecule has 4 nitrogen and oxygen atoms in total. The van der Waals surface area contributed by atoms with Crippen LogP contribution in [0.1, 0.15) is 19.8 Å². The fraction of sp³-hybridized carbons (Fsp3) is 0.900. The van der Waals surface area contributed by atoms with E-state index in [1.54, 1.807) is 7.05 Å². The summed E-state index contributed by atoms with van der Waals surface area (Å²) in [5, 5.41) is 6.09. The fourth-order valence-corrected chi connectivity index (χ4v) is 1.94. The lowest BCUT2D eigenvalue weighted by molar-refractivity contribution is -0.122. The summed E-state index contributed by atoms with van der Waals surface area (Å²) in [5.74, 6) is 0.113. The Morgan fingerprint density at radius 3 is 3.00 bits per heavy atom. The zero-order valence-corrected chi connectivity index (χ0v) is 9.18. The van der Waals surface area contributed by atoms with Crippen LogP contribution in [-0.2, 0) is 4.79 Å². The zero-order valence-electron chi connectivity index (χ0n) is 9.18. The van der Waals surface area contributed by atoms with Crippen molar-refractivity contribution in [1.82, 2.24) is 15.5 Å². The minimum atomic E-state index is 0.113. The van der Waals surface area contributed by atoms with Crippen molar-refractivity contribution in [1.29, 1.82) is 0 Å². The Kier molecular flexibility index (Phi) is 4.90. The molecular weight excluding hydrogens is 178 g/mol. The average Bonchev–Trinajstić information content (AvgIpc) is 2.19. The number of carbonyl (C=O) groups is 1. The normalized spacial score (nSPS) is 23.4. The molecule has 0 aromatic carbocycles. The highest BCUT2D eigenvalue weighted by Crippen LogP contribution is 2.09. The molecule has 0 aromatic rings. The van der Waals surface area contributed by atoms with E-state index in [9.17, 15) is 4.79 Å². The first-order valence-electron chi connectivity index (χ1n) is 5.42. The zero-order chi connectivity index (χ0) is 10.4. The van der Waals surface area contributed by atoms with E-state index in [2.05, 4.69) is 22.5 Å². The van der Waals surface area contributed by atoms with Crippen molar-refractivity contribution in [3.63, 3.8) is 0 Å². The molecule has 1 atom stereocenters. The van der Waals surface area contributed by atoms with Gasteiger partial charge in [-0.3, -0.25) is 9.69 Å². The van der Waals surface area contributed by atoms with Crippen LogP contribution in [0.5, 0.6) is 0 Å². The maximum atomic E-state index is 11.2. The van der Waals surface area contributed by atoms with Gasteiger partial charge in [0.1, 0.15) is 0 Å². The molecule has 1 saturated heterocycles. The minimum absolute atomic E-state index is 0.113. The molecule has 1 amide bonds. The molecular formula is C10H21N3O. The van der Waals surface area contributed by atoms with Gasteiger partial charge in [0.15, 0.2) is 0 Å². The highest BCUT2D eigenvalue weighted by molar-refractivity contribution is 5.77. The van der Waals surface area contributed by atoms with Crippen molar-refractivity contribution < 1.29 is 4.79 Å². The third-order valence-electron chi connectivity index (χ3n) is 2.64. The standard InChI is InChI=1S/C10H21N3O/c1-3-12-9-5-4-6-13(7-9)8-10(14)11-2/h9,12H,3-8H2,1-2H3,(H,11,14). The number of nitrogens with zero attached hydrogens (tertiary/aromatic N) is 1. The van der Waals surface area contributed by atoms with Gasteiger partial charge in [-0.2, -0.15) is 0 Å². The lowest BCUT2D eigenvalue weighted by Crippen LogP contribution is -2.48. The van der Waals surface area contributed by atoms with Crippen molar-refractivity contribution >= 4 is 5.91 Å². The van der Waals surface area contributed by atoms with Crippen molar-refractivity contribution in [2.45, 2.75) is 25.8 Å². The van der Waals surface area contributed by atoms with Gasteiger partial charge in [-0.05, 0) is 25.9 Å². The molecule has 0 bridgehead atoms. The van der Waals surface area contributed by atoms with Gasteiger partial charge in [-0.25, -0.2) is 0 Å². The van der Waals surface area contributed by atoms with Crippen molar-refractivity contribution in [2.24, 2.45) is 0 Å². The van der Waals surface area contributed by atoms with Crippen LogP contribution < -0.4 is 10.6 Å². The number of likely N-dealkylation sites (N-methyl/N-ethyl adjacent to an activating group) is 2. The first kappa shape index (κ1) is 11.5. The Balaban J connectivity index is 2.28. The third kappa shape index (κ3) is 3.64. The van der Waals surface area contributed by atoms with Crippen molar-refractivity contribution in [3.05, 3.63) is 0 Å². The van der Waals surface area contributed by atoms with Gasteiger partial charge < -0.3 is 10.6 Å². The van der Waals surface area contributed by atoms with Crippen LogP contribution in [0.2, 0.25) is 0 Å². The molecule has 0 spiro atoms. The Morgan fingerprint density at radius 2 is 2.36 bits per heavy atom.